The van der Waals surface area contributed by atoms with E-state index in [9.17, 15) is 19.2 Å². The fourth-order valence-corrected chi connectivity index (χ4v) is 2.69. The van der Waals surface area contributed by atoms with Crippen LogP contribution in [-0.2, 0) is 28.7 Å². The van der Waals surface area contributed by atoms with Gasteiger partial charge in [0, 0.05) is 26.0 Å². The second-order valence-corrected chi connectivity index (χ2v) is 8.08. The maximum absolute atomic E-state index is 11.4. The van der Waals surface area contributed by atoms with Crippen molar-refractivity contribution < 1.29 is 38.1 Å². The lowest BCUT2D eigenvalue weighted by molar-refractivity contribution is -0.142. The molecule has 0 aromatic heterocycles. The molecular formula is C29H34O8. The summed E-state index contributed by atoms with van der Waals surface area (Å²) in [6.45, 7) is 10.5. The van der Waals surface area contributed by atoms with E-state index in [1.165, 1.54) is 62.4 Å². The zero-order chi connectivity index (χ0) is 28.0. The fraction of sp³-hybridized carbons (Fsp3) is 0.310. The molecule has 0 bridgehead atoms. The van der Waals surface area contributed by atoms with Crippen LogP contribution in [0.4, 0.5) is 0 Å². The van der Waals surface area contributed by atoms with Crippen LogP contribution in [0.3, 0.4) is 0 Å². The maximum atomic E-state index is 11.4. The van der Waals surface area contributed by atoms with Crippen LogP contribution < -0.4 is 9.47 Å². The highest BCUT2D eigenvalue weighted by molar-refractivity contribution is 5.87. The van der Waals surface area contributed by atoms with Crippen molar-refractivity contribution in [2.75, 3.05) is 7.11 Å². The molecule has 0 heterocycles. The molecule has 198 valence electrons. The number of hydrogen-bond donors (Lipinski definition) is 0. The molecule has 0 N–H and O–H groups in total. The average molecular weight is 511 g/mol. The average Bonchev–Trinajstić information content (AvgIpc) is 2.84. The van der Waals surface area contributed by atoms with Crippen molar-refractivity contribution >= 4 is 36.0 Å². The summed E-state index contributed by atoms with van der Waals surface area (Å²) in [6.07, 6.45) is 6.79. The van der Waals surface area contributed by atoms with Gasteiger partial charge in [0.15, 0.2) is 11.5 Å². The summed E-state index contributed by atoms with van der Waals surface area (Å²) < 4.78 is 19.5. The van der Waals surface area contributed by atoms with Crippen molar-refractivity contribution in [2.45, 2.75) is 54.1 Å². The minimum Gasteiger partial charge on any atom is -0.466 e. The van der Waals surface area contributed by atoms with Crippen LogP contribution in [0.5, 0.6) is 11.5 Å². The first kappa shape index (κ1) is 30.8. The molecule has 0 saturated carbocycles. The van der Waals surface area contributed by atoms with Crippen molar-refractivity contribution in [3.05, 3.63) is 70.8 Å². The van der Waals surface area contributed by atoms with Gasteiger partial charge in [-0.1, -0.05) is 31.2 Å². The van der Waals surface area contributed by atoms with Gasteiger partial charge in [-0.2, -0.15) is 0 Å². The van der Waals surface area contributed by atoms with Gasteiger partial charge >= 0.3 is 23.9 Å². The lowest BCUT2D eigenvalue weighted by Crippen LogP contribution is -2.11. The third-order valence-corrected chi connectivity index (χ3v) is 4.92. The second-order valence-electron chi connectivity index (χ2n) is 8.08. The van der Waals surface area contributed by atoms with Gasteiger partial charge < -0.3 is 18.9 Å². The van der Waals surface area contributed by atoms with Crippen molar-refractivity contribution in [1.82, 2.24) is 0 Å². The van der Waals surface area contributed by atoms with E-state index in [2.05, 4.69) is 30.7 Å². The second kappa shape index (κ2) is 15.7. The van der Waals surface area contributed by atoms with Gasteiger partial charge in [-0.3, -0.25) is 9.59 Å². The summed E-state index contributed by atoms with van der Waals surface area (Å²) in [5.41, 5.74) is 4.09. The predicted molar refractivity (Wildman–Crippen MR) is 141 cm³/mol. The normalized spacial score (nSPS) is 11.3. The van der Waals surface area contributed by atoms with E-state index in [-0.39, 0.29) is 23.6 Å². The molecular weight excluding hydrogens is 476 g/mol. The van der Waals surface area contributed by atoms with Crippen LogP contribution >= 0.6 is 0 Å². The standard InChI is InChI=1S/C15H20O2.C14H14O6/c1-5-13(4)17-15(16)9-8-14-7-6-11(2)12(3)10-14;1-9(15)19-12-6-4-11(5-7-14(17)18-3)8-13(12)20-10(2)16/h6-10,13H,5H2,1-4H3;4-8H,1-3H3/b9-8+;7-5+. The molecule has 8 nitrogen and oxygen atoms in total. The van der Waals surface area contributed by atoms with Crippen molar-refractivity contribution in [2.24, 2.45) is 0 Å². The Morgan fingerprint density at radius 1 is 0.784 bits per heavy atom. The molecule has 0 amide bonds. The highest BCUT2D eigenvalue weighted by Crippen LogP contribution is 2.29. The van der Waals surface area contributed by atoms with E-state index in [0.29, 0.717) is 5.56 Å². The highest BCUT2D eigenvalue weighted by atomic mass is 16.6. The van der Waals surface area contributed by atoms with Crippen LogP contribution in [0, 0.1) is 13.8 Å². The topological polar surface area (TPSA) is 105 Å². The van der Waals surface area contributed by atoms with E-state index in [0.717, 1.165) is 12.0 Å². The summed E-state index contributed by atoms with van der Waals surface area (Å²) in [7, 11) is 1.26. The van der Waals surface area contributed by atoms with Crippen molar-refractivity contribution in [3.8, 4) is 11.5 Å². The van der Waals surface area contributed by atoms with E-state index in [4.69, 9.17) is 14.2 Å². The summed E-state index contributed by atoms with van der Waals surface area (Å²) in [5, 5.41) is 0. The van der Waals surface area contributed by atoms with Crippen LogP contribution in [0.15, 0.2) is 48.6 Å². The number of carbonyl (C=O) groups is 4. The summed E-state index contributed by atoms with van der Waals surface area (Å²) >= 11 is 0. The first-order chi connectivity index (χ1) is 17.4. The maximum Gasteiger partial charge on any atom is 0.331 e. The Morgan fingerprint density at radius 2 is 1.32 bits per heavy atom. The Kier molecular flexibility index (Phi) is 13.1. The number of aryl methyl sites for hydroxylation is 2. The van der Waals surface area contributed by atoms with Crippen LogP contribution in [0.1, 0.15) is 56.4 Å². The molecule has 0 saturated heterocycles. The number of ether oxygens (including phenoxy) is 4. The number of rotatable bonds is 8. The Labute approximate surface area is 217 Å². The van der Waals surface area contributed by atoms with Gasteiger partial charge in [-0.15, -0.1) is 0 Å². The van der Waals surface area contributed by atoms with Gasteiger partial charge in [-0.25, -0.2) is 9.59 Å². The first-order valence-electron chi connectivity index (χ1n) is 11.7. The first-order valence-corrected chi connectivity index (χ1v) is 11.7. The predicted octanol–water partition coefficient (Wildman–Crippen LogP) is 5.38. The third-order valence-electron chi connectivity index (χ3n) is 4.92. The molecule has 37 heavy (non-hydrogen) atoms. The van der Waals surface area contributed by atoms with Gasteiger partial charge in [0.25, 0.3) is 0 Å². The van der Waals surface area contributed by atoms with Crippen molar-refractivity contribution in [3.63, 3.8) is 0 Å². The molecule has 0 spiro atoms. The number of esters is 4. The molecule has 2 aromatic rings. The number of carbonyl (C=O) groups excluding carboxylic acids is 4. The smallest absolute Gasteiger partial charge is 0.331 e. The molecule has 0 aliphatic rings. The molecule has 1 unspecified atom stereocenters. The van der Waals surface area contributed by atoms with E-state index in [1.54, 1.807) is 12.1 Å². The lowest BCUT2D eigenvalue weighted by atomic mass is 10.1. The van der Waals surface area contributed by atoms with Crippen LogP contribution in [0.25, 0.3) is 12.2 Å². The van der Waals surface area contributed by atoms with Gasteiger partial charge in [0.2, 0.25) is 0 Å². The summed E-state index contributed by atoms with van der Waals surface area (Å²) in [4.78, 5) is 44.4. The quantitative estimate of drug-likeness (QED) is 0.265. The fourth-order valence-electron chi connectivity index (χ4n) is 2.69. The Hall–Kier alpha value is -4.20. The minimum atomic E-state index is -0.549. The molecule has 0 fully saturated rings. The van der Waals surface area contributed by atoms with Gasteiger partial charge in [-0.05, 0) is 73.7 Å². The zero-order valence-corrected chi connectivity index (χ0v) is 22.3. The monoisotopic (exact) mass is 510 g/mol. The molecule has 1 atom stereocenters. The third kappa shape index (κ3) is 12.4. The molecule has 0 radical (unpaired) electrons. The van der Waals surface area contributed by atoms with Crippen LogP contribution in [-0.4, -0.2) is 37.1 Å². The molecule has 0 aliphatic carbocycles. The van der Waals surface area contributed by atoms with E-state index < -0.39 is 17.9 Å². The number of hydrogen-bond acceptors (Lipinski definition) is 8. The van der Waals surface area contributed by atoms with E-state index >= 15 is 0 Å². The Balaban J connectivity index is 0.000000375. The summed E-state index contributed by atoms with van der Waals surface area (Å²) in [6, 6.07) is 10.6. The SMILES string of the molecule is CCC(C)OC(=O)/C=C/c1ccc(C)c(C)c1.COC(=O)/C=C/c1ccc(OC(C)=O)c(OC(C)=O)c1. The highest BCUT2D eigenvalue weighted by Gasteiger charge is 2.10. The van der Waals surface area contributed by atoms with E-state index in [1.807, 2.05) is 19.9 Å². The van der Waals surface area contributed by atoms with Gasteiger partial charge in [0.05, 0.1) is 13.2 Å². The van der Waals surface area contributed by atoms with Crippen LogP contribution in [0.2, 0.25) is 0 Å². The molecule has 0 aliphatic heterocycles. The largest absolute Gasteiger partial charge is 0.466 e. The van der Waals surface area contributed by atoms with Gasteiger partial charge in [0.1, 0.15) is 0 Å². The number of methoxy groups -OCH3 is 1. The minimum absolute atomic E-state index is 0.0214. The lowest BCUT2D eigenvalue weighted by Gasteiger charge is -2.09. The summed E-state index contributed by atoms with van der Waals surface area (Å²) in [5.74, 6) is -1.65. The zero-order valence-electron chi connectivity index (χ0n) is 22.3. The molecule has 8 heteroatoms. The van der Waals surface area contributed by atoms with Crippen molar-refractivity contribution in [1.29, 1.82) is 0 Å². The Bertz CT molecular complexity index is 1160. The Morgan fingerprint density at radius 3 is 1.86 bits per heavy atom. The molecule has 2 rings (SSSR count). The number of benzene rings is 2. The molecule has 2 aromatic carbocycles.